The maximum Gasteiger partial charge on any atom is 0.0709 e. The van der Waals surface area contributed by atoms with Gasteiger partial charge in [0.2, 0.25) is 0 Å². The molecule has 0 spiro atoms. The van der Waals surface area contributed by atoms with Gasteiger partial charge in [-0.3, -0.25) is 0 Å². The first-order valence-corrected chi connectivity index (χ1v) is 6.07. The molecule has 1 aromatic heterocycles. The van der Waals surface area contributed by atoms with Crippen molar-refractivity contribution < 1.29 is 0 Å². The van der Waals surface area contributed by atoms with E-state index in [1.165, 1.54) is 12.3 Å². The molecule has 1 heterocycles. The topological polar surface area (TPSA) is 36.7 Å². The molecule has 92 valence electrons. The van der Waals surface area contributed by atoms with Crippen molar-refractivity contribution in [1.82, 2.24) is 4.98 Å². The number of aromatic nitrogens is 1. The third-order valence-corrected chi connectivity index (χ3v) is 2.67. The molecule has 0 atom stereocenters. The highest BCUT2D eigenvalue weighted by molar-refractivity contribution is 5.81. The lowest BCUT2D eigenvalue weighted by Gasteiger charge is -2.02. The summed E-state index contributed by atoms with van der Waals surface area (Å²) in [7, 11) is 0. The van der Waals surface area contributed by atoms with Gasteiger partial charge in [-0.05, 0) is 12.1 Å². The zero-order valence-electron chi connectivity index (χ0n) is 10.7. The van der Waals surface area contributed by atoms with E-state index >= 15 is 0 Å². The summed E-state index contributed by atoms with van der Waals surface area (Å²) in [6.07, 6.45) is 0. The molecule has 3 aromatic rings. The molecule has 0 N–H and O–H groups in total. The van der Waals surface area contributed by atoms with Gasteiger partial charge >= 0.3 is 0 Å². The van der Waals surface area contributed by atoms with Crippen LogP contribution in [-0.4, -0.2) is 4.98 Å². The van der Waals surface area contributed by atoms with Crippen LogP contribution in [0.2, 0.25) is 0 Å². The van der Waals surface area contributed by atoms with E-state index in [9.17, 15) is 0 Å². The number of rotatable bonds is 1. The van der Waals surface area contributed by atoms with E-state index < -0.39 is 0 Å². The molecule has 0 amide bonds. The minimum absolute atomic E-state index is 1.03. The summed E-state index contributed by atoms with van der Waals surface area (Å²) < 4.78 is 0. The van der Waals surface area contributed by atoms with Gasteiger partial charge in [0.1, 0.15) is 0 Å². The minimum atomic E-state index is 1.03. The molecule has 2 aromatic carbocycles. The van der Waals surface area contributed by atoms with Crippen LogP contribution in [0.15, 0.2) is 66.7 Å². The van der Waals surface area contributed by atoms with Gasteiger partial charge in [0.05, 0.1) is 17.3 Å². The molecule has 2 nitrogen and oxygen atoms in total. The van der Waals surface area contributed by atoms with E-state index in [0.29, 0.717) is 0 Å². The van der Waals surface area contributed by atoms with Crippen LogP contribution in [-0.2, 0) is 0 Å². The first-order chi connectivity index (χ1) is 9.35. The third-order valence-electron chi connectivity index (χ3n) is 2.67. The zero-order valence-corrected chi connectivity index (χ0v) is 10.7. The number of hydrogen-bond acceptors (Lipinski definition) is 2. The fourth-order valence-corrected chi connectivity index (χ4v) is 1.84. The second-order valence-electron chi connectivity index (χ2n) is 3.98. The molecule has 0 aliphatic carbocycles. The Labute approximate surface area is 113 Å². The Morgan fingerprint density at radius 1 is 0.842 bits per heavy atom. The van der Waals surface area contributed by atoms with E-state index in [1.54, 1.807) is 6.07 Å². The van der Waals surface area contributed by atoms with Gasteiger partial charge in [0, 0.05) is 17.9 Å². The summed E-state index contributed by atoms with van der Waals surface area (Å²) in [5.74, 6) is 0. The number of fused-ring (bicyclic) bond motifs is 1. The summed E-state index contributed by atoms with van der Waals surface area (Å²) in [5.41, 5.74) is 3.23. The SMILES string of the molecule is CC#N.c1ccc(-c2ccc3ccccc3n2)cc1. The molecule has 0 saturated carbocycles. The summed E-state index contributed by atoms with van der Waals surface area (Å²) >= 11 is 0. The van der Waals surface area contributed by atoms with Gasteiger partial charge in [0.15, 0.2) is 0 Å². The Kier molecular flexibility index (Phi) is 4.25. The maximum absolute atomic E-state index is 7.32. The van der Waals surface area contributed by atoms with Gasteiger partial charge in [-0.15, -0.1) is 0 Å². The van der Waals surface area contributed by atoms with Crippen molar-refractivity contribution >= 4 is 10.9 Å². The van der Waals surface area contributed by atoms with E-state index in [2.05, 4.69) is 35.3 Å². The van der Waals surface area contributed by atoms with E-state index in [0.717, 1.165) is 16.8 Å². The first-order valence-electron chi connectivity index (χ1n) is 6.07. The standard InChI is InChI=1S/C15H11N.C2H3N/c1-2-6-12(7-3-1)15-11-10-13-8-4-5-9-14(13)16-15;1-2-3/h1-11H;1H3. The lowest BCUT2D eigenvalue weighted by atomic mass is 10.1. The van der Waals surface area contributed by atoms with E-state index in [1.807, 2.05) is 36.4 Å². The highest BCUT2D eigenvalue weighted by atomic mass is 14.7. The lowest BCUT2D eigenvalue weighted by molar-refractivity contribution is 1.40. The molecule has 0 bridgehead atoms. The van der Waals surface area contributed by atoms with Crippen LogP contribution in [0.1, 0.15) is 6.92 Å². The number of para-hydroxylation sites is 1. The van der Waals surface area contributed by atoms with Gasteiger partial charge in [-0.1, -0.05) is 54.6 Å². The molecule has 0 unspecified atom stereocenters. The Balaban J connectivity index is 0.000000408. The molecule has 0 fully saturated rings. The fraction of sp³-hybridized carbons (Fsp3) is 0.0588. The van der Waals surface area contributed by atoms with Gasteiger partial charge in [0.25, 0.3) is 0 Å². The summed E-state index contributed by atoms with van der Waals surface area (Å²) in [6, 6.07) is 24.4. The molecule has 3 rings (SSSR count). The molecule has 0 saturated heterocycles. The molecule has 0 aliphatic rings. The van der Waals surface area contributed by atoms with Crippen LogP contribution in [0.4, 0.5) is 0 Å². The first kappa shape index (κ1) is 12.8. The predicted molar refractivity (Wildman–Crippen MR) is 78.5 cm³/mol. The van der Waals surface area contributed by atoms with Crippen molar-refractivity contribution in [2.45, 2.75) is 6.92 Å². The van der Waals surface area contributed by atoms with E-state index in [-0.39, 0.29) is 0 Å². The largest absolute Gasteiger partial charge is 0.248 e. The predicted octanol–water partition coefficient (Wildman–Crippen LogP) is 4.43. The van der Waals surface area contributed by atoms with Gasteiger partial charge < -0.3 is 0 Å². The van der Waals surface area contributed by atoms with Crippen molar-refractivity contribution in [1.29, 1.82) is 5.26 Å². The summed E-state index contributed by atoms with van der Waals surface area (Å²) in [6.45, 7) is 1.43. The van der Waals surface area contributed by atoms with Crippen LogP contribution in [0.3, 0.4) is 0 Å². The molecular weight excluding hydrogens is 232 g/mol. The summed E-state index contributed by atoms with van der Waals surface area (Å²) in [4.78, 5) is 4.65. The van der Waals surface area contributed by atoms with Crippen molar-refractivity contribution in [3.63, 3.8) is 0 Å². The van der Waals surface area contributed by atoms with E-state index in [4.69, 9.17) is 5.26 Å². The zero-order chi connectivity index (χ0) is 13.5. The molecule has 0 aliphatic heterocycles. The number of benzene rings is 2. The van der Waals surface area contributed by atoms with Crippen LogP contribution in [0.5, 0.6) is 0 Å². The average molecular weight is 246 g/mol. The lowest BCUT2D eigenvalue weighted by Crippen LogP contribution is -1.84. The normalized spacial score (nSPS) is 9.26. The fourth-order valence-electron chi connectivity index (χ4n) is 1.84. The molecule has 19 heavy (non-hydrogen) atoms. The molecule has 2 heteroatoms. The second-order valence-corrected chi connectivity index (χ2v) is 3.98. The molecule has 0 radical (unpaired) electrons. The molecular formula is C17H14N2. The smallest absolute Gasteiger partial charge is 0.0709 e. The van der Waals surface area contributed by atoms with Crippen molar-refractivity contribution in [2.24, 2.45) is 0 Å². The monoisotopic (exact) mass is 246 g/mol. The van der Waals surface area contributed by atoms with Crippen LogP contribution in [0, 0.1) is 11.3 Å². The summed E-state index contributed by atoms with van der Waals surface area (Å²) in [5, 5.41) is 8.50. The number of pyridine rings is 1. The minimum Gasteiger partial charge on any atom is -0.248 e. The Hall–Kier alpha value is -2.66. The average Bonchev–Trinajstić information content (AvgIpc) is 2.48. The number of hydrogen-bond donors (Lipinski definition) is 0. The van der Waals surface area contributed by atoms with Gasteiger partial charge in [-0.2, -0.15) is 5.26 Å². The van der Waals surface area contributed by atoms with Gasteiger partial charge in [-0.25, -0.2) is 4.98 Å². The quantitative estimate of drug-likeness (QED) is 0.636. The van der Waals surface area contributed by atoms with Crippen molar-refractivity contribution in [2.75, 3.05) is 0 Å². The number of nitrogens with zero attached hydrogens (tertiary/aromatic N) is 2. The van der Waals surface area contributed by atoms with Crippen molar-refractivity contribution in [3.8, 4) is 17.3 Å². The number of nitriles is 1. The van der Waals surface area contributed by atoms with Crippen LogP contribution >= 0.6 is 0 Å². The second kappa shape index (κ2) is 6.32. The highest BCUT2D eigenvalue weighted by Gasteiger charge is 1.99. The highest BCUT2D eigenvalue weighted by Crippen LogP contribution is 2.20. The van der Waals surface area contributed by atoms with Crippen LogP contribution in [0.25, 0.3) is 22.2 Å². The van der Waals surface area contributed by atoms with Crippen molar-refractivity contribution in [3.05, 3.63) is 66.7 Å². The third kappa shape index (κ3) is 3.17. The Bertz CT molecular complexity index is 697. The van der Waals surface area contributed by atoms with Crippen LogP contribution < -0.4 is 0 Å². The maximum atomic E-state index is 7.32. The Morgan fingerprint density at radius 3 is 2.21 bits per heavy atom. The Morgan fingerprint density at radius 2 is 1.47 bits per heavy atom.